The molecule has 0 amide bonds. The summed E-state index contributed by atoms with van der Waals surface area (Å²) in [6.07, 6.45) is 0. The minimum Gasteiger partial charge on any atom is -0.387 e. The van der Waals surface area contributed by atoms with E-state index in [4.69, 9.17) is 11.6 Å². The van der Waals surface area contributed by atoms with E-state index in [0.29, 0.717) is 16.4 Å². The normalized spacial score (nSPS) is 11.2. The fraction of sp³-hybridized carbons (Fsp3) is 0.143. The van der Waals surface area contributed by atoms with Crippen molar-refractivity contribution < 1.29 is 8.42 Å². The molecule has 0 heterocycles. The third-order valence-corrected chi connectivity index (χ3v) is 4.72. The van der Waals surface area contributed by atoms with Gasteiger partial charge in [-0.25, -0.2) is 8.42 Å². The molecule has 0 aromatic heterocycles. The molecule has 2 aromatic rings. The Hall–Kier alpha value is -1.72. The highest BCUT2D eigenvalue weighted by atomic mass is 35.5. The molecular weight excluding hydrogens is 296 g/mol. The molecule has 2 aromatic carbocycles. The maximum atomic E-state index is 12.4. The molecule has 20 heavy (non-hydrogen) atoms. The summed E-state index contributed by atoms with van der Waals surface area (Å²) in [6.45, 7) is 1.86. The molecule has 0 saturated heterocycles. The predicted octanol–water partition coefficient (Wildman–Crippen LogP) is 3.49. The van der Waals surface area contributed by atoms with Gasteiger partial charge in [0.05, 0.1) is 11.4 Å². The van der Waals surface area contributed by atoms with Gasteiger partial charge in [-0.1, -0.05) is 29.8 Å². The molecule has 0 saturated carbocycles. The summed E-state index contributed by atoms with van der Waals surface area (Å²) >= 11 is 6.00. The maximum absolute atomic E-state index is 12.4. The maximum Gasteiger partial charge on any atom is 0.263 e. The molecule has 0 aliphatic carbocycles. The highest BCUT2D eigenvalue weighted by molar-refractivity contribution is 7.92. The molecule has 2 N–H and O–H groups in total. The highest BCUT2D eigenvalue weighted by Crippen LogP contribution is 2.25. The van der Waals surface area contributed by atoms with E-state index in [1.807, 2.05) is 6.92 Å². The lowest BCUT2D eigenvalue weighted by Gasteiger charge is -2.12. The molecule has 4 nitrogen and oxygen atoms in total. The highest BCUT2D eigenvalue weighted by Gasteiger charge is 2.17. The number of sulfonamides is 1. The van der Waals surface area contributed by atoms with Crippen molar-refractivity contribution in [1.82, 2.24) is 0 Å². The zero-order valence-electron chi connectivity index (χ0n) is 11.1. The minimum absolute atomic E-state index is 0.194. The van der Waals surface area contributed by atoms with Gasteiger partial charge in [-0.05, 0) is 36.8 Å². The van der Waals surface area contributed by atoms with Gasteiger partial charge in [0.25, 0.3) is 10.0 Å². The van der Waals surface area contributed by atoms with Crippen LogP contribution in [0, 0.1) is 6.92 Å². The summed E-state index contributed by atoms with van der Waals surface area (Å²) in [7, 11) is -1.98. The number of rotatable bonds is 4. The Morgan fingerprint density at radius 1 is 1.10 bits per heavy atom. The van der Waals surface area contributed by atoms with Crippen molar-refractivity contribution in [3.63, 3.8) is 0 Å². The van der Waals surface area contributed by atoms with E-state index >= 15 is 0 Å². The molecule has 6 heteroatoms. The molecule has 106 valence electrons. The zero-order valence-corrected chi connectivity index (χ0v) is 12.7. The molecule has 0 atom stereocenters. The quantitative estimate of drug-likeness (QED) is 0.909. The molecular formula is C14H15ClN2O2S. The molecule has 0 unspecified atom stereocenters. The number of hydrogen-bond acceptors (Lipinski definition) is 3. The van der Waals surface area contributed by atoms with Gasteiger partial charge in [0.2, 0.25) is 0 Å². The van der Waals surface area contributed by atoms with Gasteiger partial charge in [-0.3, -0.25) is 4.72 Å². The smallest absolute Gasteiger partial charge is 0.263 e. The second-order valence-corrected chi connectivity index (χ2v) is 6.37. The molecule has 0 spiro atoms. The van der Waals surface area contributed by atoms with E-state index in [-0.39, 0.29) is 4.90 Å². The monoisotopic (exact) mass is 310 g/mol. The summed E-state index contributed by atoms with van der Waals surface area (Å²) in [5, 5.41) is 3.38. The van der Waals surface area contributed by atoms with Gasteiger partial charge < -0.3 is 5.32 Å². The SMILES string of the molecule is CNc1ccccc1S(=O)(=O)Nc1ccc(C)c(Cl)c1. The van der Waals surface area contributed by atoms with Gasteiger partial charge in [0, 0.05) is 12.1 Å². The number of para-hydroxylation sites is 1. The van der Waals surface area contributed by atoms with Crippen LogP contribution in [0.1, 0.15) is 5.56 Å². The Balaban J connectivity index is 2.38. The zero-order chi connectivity index (χ0) is 14.8. The van der Waals surface area contributed by atoms with Crippen LogP contribution in [-0.2, 0) is 10.0 Å². The summed E-state index contributed by atoms with van der Waals surface area (Å²) in [5.74, 6) is 0. The average Bonchev–Trinajstić information content (AvgIpc) is 2.42. The van der Waals surface area contributed by atoms with E-state index < -0.39 is 10.0 Å². The van der Waals surface area contributed by atoms with Crippen LogP contribution in [0.25, 0.3) is 0 Å². The van der Waals surface area contributed by atoms with Crippen molar-refractivity contribution in [2.75, 3.05) is 17.1 Å². The molecule has 0 bridgehead atoms. The van der Waals surface area contributed by atoms with Crippen LogP contribution in [0.3, 0.4) is 0 Å². The number of aryl methyl sites for hydroxylation is 1. The van der Waals surface area contributed by atoms with E-state index in [1.165, 1.54) is 0 Å². The number of nitrogens with one attached hydrogen (secondary N) is 2. The Kier molecular flexibility index (Phi) is 4.20. The Morgan fingerprint density at radius 3 is 2.45 bits per heavy atom. The number of anilines is 2. The minimum atomic E-state index is -3.66. The van der Waals surface area contributed by atoms with Crippen molar-refractivity contribution >= 4 is 33.0 Å². The number of benzene rings is 2. The summed E-state index contributed by atoms with van der Waals surface area (Å²) in [5.41, 5.74) is 1.87. The number of halogens is 1. The van der Waals surface area contributed by atoms with Crippen LogP contribution < -0.4 is 10.0 Å². The van der Waals surface area contributed by atoms with Crippen molar-refractivity contribution in [2.24, 2.45) is 0 Å². The largest absolute Gasteiger partial charge is 0.387 e. The van der Waals surface area contributed by atoms with Crippen LogP contribution in [0.4, 0.5) is 11.4 Å². The lowest BCUT2D eigenvalue weighted by atomic mass is 10.2. The van der Waals surface area contributed by atoms with E-state index in [0.717, 1.165) is 5.56 Å². The van der Waals surface area contributed by atoms with Crippen LogP contribution in [-0.4, -0.2) is 15.5 Å². The molecule has 0 radical (unpaired) electrons. The fourth-order valence-corrected chi connectivity index (χ4v) is 3.22. The predicted molar refractivity (Wildman–Crippen MR) is 83.0 cm³/mol. The first-order valence-corrected chi connectivity index (χ1v) is 7.86. The Bertz CT molecular complexity index is 730. The summed E-state index contributed by atoms with van der Waals surface area (Å²) < 4.78 is 27.3. The third kappa shape index (κ3) is 3.05. The molecule has 0 aliphatic rings. The molecule has 0 fully saturated rings. The van der Waals surface area contributed by atoms with Crippen LogP contribution in [0.2, 0.25) is 5.02 Å². The van der Waals surface area contributed by atoms with Gasteiger partial charge in [-0.15, -0.1) is 0 Å². The van der Waals surface area contributed by atoms with Gasteiger partial charge in [-0.2, -0.15) is 0 Å². The second kappa shape index (κ2) is 5.73. The Labute approximate surface area is 123 Å². The fourth-order valence-electron chi connectivity index (χ4n) is 1.77. The van der Waals surface area contributed by atoms with E-state index in [1.54, 1.807) is 49.5 Å². The van der Waals surface area contributed by atoms with Gasteiger partial charge in [0.1, 0.15) is 4.90 Å². The first kappa shape index (κ1) is 14.7. The van der Waals surface area contributed by atoms with Gasteiger partial charge in [0.15, 0.2) is 0 Å². The lowest BCUT2D eigenvalue weighted by Crippen LogP contribution is -2.14. The van der Waals surface area contributed by atoms with Crippen molar-refractivity contribution in [2.45, 2.75) is 11.8 Å². The van der Waals surface area contributed by atoms with E-state index in [2.05, 4.69) is 10.0 Å². The third-order valence-electron chi connectivity index (χ3n) is 2.87. The first-order valence-electron chi connectivity index (χ1n) is 6.00. The van der Waals surface area contributed by atoms with Crippen LogP contribution in [0.15, 0.2) is 47.4 Å². The topological polar surface area (TPSA) is 58.2 Å². The lowest BCUT2D eigenvalue weighted by molar-refractivity contribution is 0.601. The average molecular weight is 311 g/mol. The first-order chi connectivity index (χ1) is 9.44. The van der Waals surface area contributed by atoms with Crippen molar-refractivity contribution in [3.8, 4) is 0 Å². The second-order valence-electron chi connectivity index (χ2n) is 4.32. The van der Waals surface area contributed by atoms with Crippen LogP contribution in [0.5, 0.6) is 0 Å². The number of hydrogen-bond donors (Lipinski definition) is 2. The van der Waals surface area contributed by atoms with Gasteiger partial charge >= 0.3 is 0 Å². The Morgan fingerprint density at radius 2 is 1.80 bits per heavy atom. The molecule has 0 aliphatic heterocycles. The summed E-state index contributed by atoms with van der Waals surface area (Å²) in [6, 6.07) is 11.7. The van der Waals surface area contributed by atoms with Crippen molar-refractivity contribution in [3.05, 3.63) is 53.1 Å². The molecule has 2 rings (SSSR count). The van der Waals surface area contributed by atoms with Crippen molar-refractivity contribution in [1.29, 1.82) is 0 Å². The van der Waals surface area contributed by atoms with E-state index in [9.17, 15) is 8.42 Å². The van der Waals surface area contributed by atoms with Crippen LogP contribution >= 0.6 is 11.6 Å². The summed E-state index contributed by atoms with van der Waals surface area (Å²) in [4.78, 5) is 0.194. The standard InChI is InChI=1S/C14H15ClN2O2S/c1-10-7-8-11(9-12(10)15)17-20(18,19)14-6-4-3-5-13(14)16-2/h3-9,16-17H,1-2H3.